The fourth-order valence-corrected chi connectivity index (χ4v) is 2.20. The Morgan fingerprint density at radius 1 is 1.17 bits per heavy atom. The molecule has 1 heterocycles. The molecule has 0 aliphatic heterocycles. The fourth-order valence-electron chi connectivity index (χ4n) is 2.20. The normalized spacial score (nSPS) is 10.5. The minimum absolute atomic E-state index is 0.00784. The minimum Gasteiger partial charge on any atom is -0.321 e. The van der Waals surface area contributed by atoms with E-state index in [0.717, 1.165) is 12.2 Å². The molecule has 5 nitrogen and oxygen atoms in total. The number of carbonyl (C=O) groups excluding carboxylic acids is 1. The van der Waals surface area contributed by atoms with Gasteiger partial charge in [0.05, 0.1) is 11.3 Å². The van der Waals surface area contributed by atoms with Crippen molar-refractivity contribution in [2.24, 2.45) is 0 Å². The van der Waals surface area contributed by atoms with Crippen LogP contribution in [0.1, 0.15) is 23.1 Å². The number of halogens is 1. The van der Waals surface area contributed by atoms with E-state index in [1.54, 1.807) is 30.3 Å². The SMILES string of the molecule is CCc1nc(-c2ccccc2NC(=O)c2ccccc2F)n[nH]1. The van der Waals surface area contributed by atoms with Gasteiger partial charge in [0.1, 0.15) is 11.6 Å². The van der Waals surface area contributed by atoms with Crippen molar-refractivity contribution in [3.63, 3.8) is 0 Å². The van der Waals surface area contributed by atoms with Crippen molar-refractivity contribution in [2.45, 2.75) is 13.3 Å². The number of hydrogen-bond donors (Lipinski definition) is 2. The molecule has 0 bridgehead atoms. The molecule has 0 saturated heterocycles. The van der Waals surface area contributed by atoms with Crippen LogP contribution in [0.2, 0.25) is 0 Å². The first-order valence-corrected chi connectivity index (χ1v) is 7.25. The molecule has 0 fully saturated rings. The third-order valence-electron chi connectivity index (χ3n) is 3.40. The Hall–Kier alpha value is -3.02. The number of nitrogens with zero attached hydrogens (tertiary/aromatic N) is 2. The summed E-state index contributed by atoms with van der Waals surface area (Å²) in [4.78, 5) is 16.6. The number of nitrogens with one attached hydrogen (secondary N) is 2. The van der Waals surface area contributed by atoms with Gasteiger partial charge in [0.15, 0.2) is 5.82 Å². The summed E-state index contributed by atoms with van der Waals surface area (Å²) in [5, 5.41) is 9.72. The van der Waals surface area contributed by atoms with Gasteiger partial charge in [-0.15, -0.1) is 0 Å². The Morgan fingerprint density at radius 2 is 1.91 bits per heavy atom. The standard InChI is InChI=1S/C17H15FN4O/c1-2-15-20-16(22-21-15)12-8-4-6-10-14(12)19-17(23)11-7-3-5-9-13(11)18/h3-10H,2H2,1H3,(H,19,23)(H,20,21,22). The molecule has 0 spiro atoms. The summed E-state index contributed by atoms with van der Waals surface area (Å²) >= 11 is 0. The molecule has 23 heavy (non-hydrogen) atoms. The largest absolute Gasteiger partial charge is 0.321 e. The Labute approximate surface area is 132 Å². The third kappa shape index (κ3) is 3.11. The van der Waals surface area contributed by atoms with Crippen LogP contribution < -0.4 is 5.32 Å². The van der Waals surface area contributed by atoms with Gasteiger partial charge in [0.25, 0.3) is 5.91 Å². The lowest BCUT2D eigenvalue weighted by atomic mass is 10.1. The lowest BCUT2D eigenvalue weighted by molar-refractivity contribution is 0.102. The number of amides is 1. The lowest BCUT2D eigenvalue weighted by Gasteiger charge is -2.09. The number of aromatic nitrogens is 3. The Kier molecular flexibility index (Phi) is 4.14. The van der Waals surface area contributed by atoms with Crippen molar-refractivity contribution < 1.29 is 9.18 Å². The summed E-state index contributed by atoms with van der Waals surface area (Å²) < 4.78 is 13.7. The first kappa shape index (κ1) is 14.9. The summed E-state index contributed by atoms with van der Waals surface area (Å²) in [5.74, 6) is 0.178. The zero-order valence-corrected chi connectivity index (χ0v) is 12.5. The van der Waals surface area contributed by atoms with E-state index in [-0.39, 0.29) is 5.56 Å². The van der Waals surface area contributed by atoms with Crippen LogP contribution in [0.4, 0.5) is 10.1 Å². The van der Waals surface area contributed by atoms with Crippen molar-refractivity contribution in [1.29, 1.82) is 0 Å². The predicted octanol–water partition coefficient (Wildman–Crippen LogP) is 3.43. The maximum Gasteiger partial charge on any atom is 0.258 e. The molecule has 2 aromatic carbocycles. The summed E-state index contributed by atoms with van der Waals surface area (Å²) in [6, 6.07) is 13.0. The maximum atomic E-state index is 13.7. The van der Waals surface area contributed by atoms with Gasteiger partial charge >= 0.3 is 0 Å². The summed E-state index contributed by atoms with van der Waals surface area (Å²) in [6.45, 7) is 1.97. The number of para-hydroxylation sites is 1. The number of carbonyl (C=O) groups is 1. The van der Waals surface area contributed by atoms with E-state index in [4.69, 9.17) is 0 Å². The van der Waals surface area contributed by atoms with Crippen molar-refractivity contribution in [2.75, 3.05) is 5.32 Å². The van der Waals surface area contributed by atoms with Crippen molar-refractivity contribution in [3.8, 4) is 11.4 Å². The molecule has 0 unspecified atom stereocenters. The molecule has 1 amide bonds. The number of aromatic amines is 1. The average molecular weight is 310 g/mol. The van der Waals surface area contributed by atoms with Gasteiger partial charge in [-0.2, -0.15) is 5.10 Å². The number of rotatable bonds is 4. The Bertz CT molecular complexity index is 844. The monoisotopic (exact) mass is 310 g/mol. The van der Waals surface area contributed by atoms with Gasteiger partial charge in [-0.1, -0.05) is 31.2 Å². The van der Waals surface area contributed by atoms with E-state index in [9.17, 15) is 9.18 Å². The minimum atomic E-state index is -0.561. The highest BCUT2D eigenvalue weighted by molar-refractivity contribution is 6.06. The predicted molar refractivity (Wildman–Crippen MR) is 85.5 cm³/mol. The van der Waals surface area contributed by atoms with Crippen LogP contribution in [-0.2, 0) is 6.42 Å². The molecule has 6 heteroatoms. The van der Waals surface area contributed by atoms with Crippen LogP contribution in [0.15, 0.2) is 48.5 Å². The smallest absolute Gasteiger partial charge is 0.258 e. The van der Waals surface area contributed by atoms with Crippen molar-refractivity contribution in [3.05, 3.63) is 65.7 Å². The van der Waals surface area contributed by atoms with E-state index in [1.165, 1.54) is 12.1 Å². The topological polar surface area (TPSA) is 70.7 Å². The number of benzene rings is 2. The van der Waals surface area contributed by atoms with Gasteiger partial charge in [-0.05, 0) is 24.3 Å². The average Bonchev–Trinajstić information content (AvgIpc) is 3.04. The Morgan fingerprint density at radius 3 is 2.65 bits per heavy atom. The molecule has 116 valence electrons. The zero-order chi connectivity index (χ0) is 16.2. The second-order valence-corrected chi connectivity index (χ2v) is 4.94. The molecule has 1 aromatic heterocycles. The number of hydrogen-bond acceptors (Lipinski definition) is 3. The Balaban J connectivity index is 1.92. The van der Waals surface area contributed by atoms with Crippen LogP contribution in [0.5, 0.6) is 0 Å². The van der Waals surface area contributed by atoms with Crippen molar-refractivity contribution >= 4 is 11.6 Å². The highest BCUT2D eigenvalue weighted by Crippen LogP contribution is 2.25. The van der Waals surface area contributed by atoms with Gasteiger partial charge in [-0.25, -0.2) is 9.37 Å². The van der Waals surface area contributed by atoms with E-state index in [0.29, 0.717) is 17.1 Å². The van der Waals surface area contributed by atoms with Crippen LogP contribution in [0.3, 0.4) is 0 Å². The van der Waals surface area contributed by atoms with E-state index in [2.05, 4.69) is 20.5 Å². The van der Waals surface area contributed by atoms with E-state index >= 15 is 0 Å². The molecule has 3 aromatic rings. The summed E-state index contributed by atoms with van der Waals surface area (Å²) in [5.41, 5.74) is 1.20. The van der Waals surface area contributed by atoms with Crippen LogP contribution in [0.25, 0.3) is 11.4 Å². The van der Waals surface area contributed by atoms with Crippen LogP contribution in [-0.4, -0.2) is 21.1 Å². The van der Waals surface area contributed by atoms with Crippen molar-refractivity contribution in [1.82, 2.24) is 15.2 Å². The third-order valence-corrected chi connectivity index (χ3v) is 3.40. The summed E-state index contributed by atoms with van der Waals surface area (Å²) in [7, 11) is 0. The molecule has 0 aliphatic carbocycles. The molecule has 0 saturated carbocycles. The molecule has 2 N–H and O–H groups in total. The maximum absolute atomic E-state index is 13.7. The molecule has 3 rings (SSSR count). The highest BCUT2D eigenvalue weighted by Gasteiger charge is 2.15. The lowest BCUT2D eigenvalue weighted by Crippen LogP contribution is -2.14. The quantitative estimate of drug-likeness (QED) is 0.775. The number of H-pyrrole nitrogens is 1. The second-order valence-electron chi connectivity index (χ2n) is 4.94. The molecule has 0 radical (unpaired) electrons. The number of aryl methyl sites for hydroxylation is 1. The summed E-state index contributed by atoms with van der Waals surface area (Å²) in [6.07, 6.45) is 0.733. The first-order valence-electron chi connectivity index (χ1n) is 7.25. The molecule has 0 atom stereocenters. The van der Waals surface area contributed by atoms with E-state index in [1.807, 2.05) is 13.0 Å². The highest BCUT2D eigenvalue weighted by atomic mass is 19.1. The molecule has 0 aliphatic rings. The second kappa shape index (κ2) is 6.39. The van der Waals surface area contributed by atoms with E-state index < -0.39 is 11.7 Å². The van der Waals surface area contributed by atoms with Gasteiger partial charge in [-0.3, -0.25) is 9.89 Å². The number of anilines is 1. The van der Waals surface area contributed by atoms with Gasteiger partial charge in [0.2, 0.25) is 0 Å². The van der Waals surface area contributed by atoms with Crippen LogP contribution in [0, 0.1) is 5.82 Å². The van der Waals surface area contributed by atoms with Crippen LogP contribution >= 0.6 is 0 Å². The van der Waals surface area contributed by atoms with Gasteiger partial charge in [0, 0.05) is 12.0 Å². The first-order chi connectivity index (χ1) is 11.2. The molecular formula is C17H15FN4O. The zero-order valence-electron chi connectivity index (χ0n) is 12.5. The fraction of sp³-hybridized carbons (Fsp3) is 0.118. The van der Waals surface area contributed by atoms with Gasteiger partial charge < -0.3 is 5.32 Å². The molecular weight excluding hydrogens is 295 g/mol.